The number of ether oxygens (including phenoxy) is 1. The van der Waals surface area contributed by atoms with E-state index in [2.05, 4.69) is 10.5 Å². The number of nitrogens with one attached hydrogen (secondary N) is 1. The van der Waals surface area contributed by atoms with Gasteiger partial charge in [0, 0.05) is 5.39 Å². The number of halogens is 2. The van der Waals surface area contributed by atoms with Crippen LogP contribution >= 0.6 is 11.6 Å². The van der Waals surface area contributed by atoms with Gasteiger partial charge in [-0.1, -0.05) is 28.9 Å². The zero-order valence-corrected chi connectivity index (χ0v) is 12.9. The van der Waals surface area contributed by atoms with Crippen LogP contribution in [0.1, 0.15) is 15.9 Å². The maximum atomic E-state index is 13.6. The van der Waals surface area contributed by atoms with E-state index in [9.17, 15) is 9.18 Å². The number of aromatic nitrogens is 1. The zero-order valence-electron chi connectivity index (χ0n) is 12.1. The SMILES string of the molecule is COC(=O)c1cc2cnoc2c(CF)c1Nc1ccccc1Cl. The van der Waals surface area contributed by atoms with Crippen LogP contribution in [0, 0.1) is 0 Å². The Kier molecular flexibility index (Phi) is 4.16. The monoisotopic (exact) mass is 334 g/mol. The molecule has 0 saturated carbocycles. The molecule has 0 saturated heterocycles. The molecular formula is C16H12ClFN2O3. The van der Waals surface area contributed by atoms with Gasteiger partial charge in [0.05, 0.1) is 40.8 Å². The van der Waals surface area contributed by atoms with Crippen LogP contribution in [0.5, 0.6) is 0 Å². The summed E-state index contributed by atoms with van der Waals surface area (Å²) in [4.78, 5) is 12.1. The Labute approximate surface area is 136 Å². The van der Waals surface area contributed by atoms with Crippen molar-refractivity contribution in [1.29, 1.82) is 0 Å². The van der Waals surface area contributed by atoms with Crippen LogP contribution in [0.3, 0.4) is 0 Å². The molecule has 3 aromatic rings. The molecule has 1 N–H and O–H groups in total. The minimum Gasteiger partial charge on any atom is -0.465 e. The number of esters is 1. The first-order valence-corrected chi connectivity index (χ1v) is 7.09. The zero-order chi connectivity index (χ0) is 16.4. The van der Waals surface area contributed by atoms with E-state index in [0.717, 1.165) is 0 Å². The van der Waals surface area contributed by atoms with Crippen LogP contribution in [0.15, 0.2) is 41.1 Å². The second kappa shape index (κ2) is 6.26. The molecule has 0 atom stereocenters. The number of hydrogen-bond acceptors (Lipinski definition) is 5. The molecule has 3 rings (SSSR count). The summed E-state index contributed by atoms with van der Waals surface area (Å²) in [5.74, 6) is -0.600. The topological polar surface area (TPSA) is 64.4 Å². The van der Waals surface area contributed by atoms with Crippen molar-refractivity contribution in [2.24, 2.45) is 0 Å². The van der Waals surface area contributed by atoms with Crippen molar-refractivity contribution >= 4 is 39.9 Å². The van der Waals surface area contributed by atoms with E-state index in [4.69, 9.17) is 20.9 Å². The Morgan fingerprint density at radius 2 is 2.22 bits per heavy atom. The average molecular weight is 335 g/mol. The molecule has 0 amide bonds. The first-order chi connectivity index (χ1) is 11.2. The Morgan fingerprint density at radius 1 is 1.43 bits per heavy atom. The molecule has 23 heavy (non-hydrogen) atoms. The number of hydrogen-bond donors (Lipinski definition) is 1. The standard InChI is InChI=1S/C16H12ClFN2O3/c1-22-16(21)10-6-9-8-19-23-15(9)11(7-18)14(10)20-13-5-3-2-4-12(13)17/h2-6,8,20H,7H2,1H3. The number of rotatable bonds is 4. The molecule has 118 valence electrons. The normalized spacial score (nSPS) is 10.7. The van der Waals surface area contributed by atoms with Crippen LogP contribution in [0.2, 0.25) is 5.02 Å². The highest BCUT2D eigenvalue weighted by Gasteiger charge is 2.22. The van der Waals surface area contributed by atoms with Gasteiger partial charge in [-0.25, -0.2) is 9.18 Å². The predicted molar refractivity (Wildman–Crippen MR) is 84.9 cm³/mol. The molecule has 0 radical (unpaired) electrons. The van der Waals surface area contributed by atoms with Crippen LogP contribution in [-0.2, 0) is 11.4 Å². The number of carbonyl (C=O) groups is 1. The number of carbonyl (C=O) groups excluding carboxylic acids is 1. The molecular weight excluding hydrogens is 323 g/mol. The maximum absolute atomic E-state index is 13.6. The minimum absolute atomic E-state index is 0.177. The molecule has 0 spiro atoms. The van der Waals surface area contributed by atoms with Crippen molar-refractivity contribution in [3.8, 4) is 0 Å². The van der Waals surface area contributed by atoms with Crippen LogP contribution in [0.25, 0.3) is 11.0 Å². The lowest BCUT2D eigenvalue weighted by atomic mass is 10.0. The van der Waals surface area contributed by atoms with Gasteiger partial charge in [-0.05, 0) is 18.2 Å². The molecule has 2 aromatic carbocycles. The van der Waals surface area contributed by atoms with Crippen LogP contribution in [-0.4, -0.2) is 18.2 Å². The van der Waals surface area contributed by atoms with E-state index >= 15 is 0 Å². The lowest BCUT2D eigenvalue weighted by Crippen LogP contribution is -2.08. The Bertz CT molecular complexity index is 879. The van der Waals surface area contributed by atoms with Gasteiger partial charge >= 0.3 is 5.97 Å². The second-order valence-corrected chi connectivity index (χ2v) is 5.16. The number of methoxy groups -OCH3 is 1. The largest absolute Gasteiger partial charge is 0.465 e. The molecule has 0 aliphatic heterocycles. The lowest BCUT2D eigenvalue weighted by molar-refractivity contribution is 0.0602. The van der Waals surface area contributed by atoms with E-state index in [1.54, 1.807) is 24.3 Å². The van der Waals surface area contributed by atoms with Gasteiger partial charge < -0.3 is 14.6 Å². The molecule has 0 aliphatic rings. The van der Waals surface area contributed by atoms with Crippen LogP contribution < -0.4 is 5.32 Å². The quantitative estimate of drug-likeness (QED) is 0.713. The Balaban J connectivity index is 2.23. The number of benzene rings is 2. The van der Waals surface area contributed by atoms with Crippen LogP contribution in [0.4, 0.5) is 15.8 Å². The third-order valence-electron chi connectivity index (χ3n) is 3.42. The Morgan fingerprint density at radius 3 is 2.91 bits per heavy atom. The van der Waals surface area contributed by atoms with Crippen molar-refractivity contribution in [3.63, 3.8) is 0 Å². The van der Waals surface area contributed by atoms with Gasteiger partial charge in [-0.3, -0.25) is 0 Å². The summed E-state index contributed by atoms with van der Waals surface area (Å²) in [6.07, 6.45) is 1.42. The highest BCUT2D eigenvalue weighted by atomic mass is 35.5. The third kappa shape index (κ3) is 2.73. The highest BCUT2D eigenvalue weighted by molar-refractivity contribution is 6.33. The van der Waals surface area contributed by atoms with E-state index in [1.165, 1.54) is 19.4 Å². The molecule has 1 aromatic heterocycles. The van der Waals surface area contributed by atoms with E-state index in [1.807, 2.05) is 0 Å². The molecule has 7 heteroatoms. The molecule has 0 aliphatic carbocycles. The van der Waals surface area contributed by atoms with Gasteiger partial charge in [0.2, 0.25) is 0 Å². The fourth-order valence-corrected chi connectivity index (χ4v) is 2.50. The van der Waals surface area contributed by atoms with Crippen molar-refractivity contribution in [2.45, 2.75) is 6.67 Å². The fraction of sp³-hybridized carbons (Fsp3) is 0.125. The van der Waals surface area contributed by atoms with E-state index < -0.39 is 12.6 Å². The second-order valence-electron chi connectivity index (χ2n) is 4.75. The summed E-state index contributed by atoms with van der Waals surface area (Å²) in [6.45, 7) is -0.844. The molecule has 0 bridgehead atoms. The number of nitrogens with zero attached hydrogens (tertiary/aromatic N) is 1. The molecule has 1 heterocycles. The third-order valence-corrected chi connectivity index (χ3v) is 3.75. The van der Waals surface area contributed by atoms with E-state index in [0.29, 0.717) is 16.1 Å². The molecule has 5 nitrogen and oxygen atoms in total. The smallest absolute Gasteiger partial charge is 0.340 e. The number of alkyl halides is 1. The highest BCUT2D eigenvalue weighted by Crippen LogP contribution is 2.35. The predicted octanol–water partition coefficient (Wildman–Crippen LogP) is 4.48. The number of para-hydroxylation sites is 1. The fourth-order valence-electron chi connectivity index (χ4n) is 2.32. The maximum Gasteiger partial charge on any atom is 0.340 e. The van der Waals surface area contributed by atoms with Crippen molar-refractivity contribution in [2.75, 3.05) is 12.4 Å². The minimum atomic E-state index is -0.844. The first kappa shape index (κ1) is 15.3. The van der Waals surface area contributed by atoms with Gasteiger partial charge in [-0.15, -0.1) is 0 Å². The van der Waals surface area contributed by atoms with Gasteiger partial charge in [-0.2, -0.15) is 0 Å². The summed E-state index contributed by atoms with van der Waals surface area (Å²) >= 11 is 6.12. The Hall–Kier alpha value is -2.60. The summed E-state index contributed by atoms with van der Waals surface area (Å²) < 4.78 is 23.5. The number of anilines is 2. The first-order valence-electron chi connectivity index (χ1n) is 6.71. The molecule has 0 fully saturated rings. The lowest BCUT2D eigenvalue weighted by Gasteiger charge is -2.15. The molecule has 0 unspecified atom stereocenters. The summed E-state index contributed by atoms with van der Waals surface area (Å²) in [7, 11) is 1.26. The average Bonchev–Trinajstić information content (AvgIpc) is 3.03. The van der Waals surface area contributed by atoms with Gasteiger partial charge in [0.1, 0.15) is 6.67 Å². The van der Waals surface area contributed by atoms with Gasteiger partial charge in [0.25, 0.3) is 0 Å². The number of fused-ring (bicyclic) bond motifs is 1. The van der Waals surface area contributed by atoms with Crippen molar-refractivity contribution < 1.29 is 18.4 Å². The summed E-state index contributed by atoms with van der Waals surface area (Å²) in [5, 5.41) is 7.60. The summed E-state index contributed by atoms with van der Waals surface area (Å²) in [5.41, 5.74) is 1.41. The van der Waals surface area contributed by atoms with E-state index in [-0.39, 0.29) is 22.4 Å². The van der Waals surface area contributed by atoms with Gasteiger partial charge in [0.15, 0.2) is 5.58 Å². The summed E-state index contributed by atoms with van der Waals surface area (Å²) in [6, 6.07) is 8.48. The van der Waals surface area contributed by atoms with Crippen molar-refractivity contribution in [3.05, 3.63) is 52.7 Å². The van der Waals surface area contributed by atoms with Crippen molar-refractivity contribution in [1.82, 2.24) is 5.16 Å².